The number of aromatic amines is 1. The maximum Gasteiger partial charge on any atom is 0.261 e. The first-order chi connectivity index (χ1) is 11.3. The number of benzene rings is 1. The number of thiophene rings is 1. The van der Waals surface area contributed by atoms with Crippen molar-refractivity contribution in [3.8, 4) is 6.07 Å². The molecular weight excluding hydrogens is 306 g/mol. The third-order valence-electron chi connectivity index (χ3n) is 3.55. The topological polar surface area (TPSA) is 68.7 Å². The van der Waals surface area contributed by atoms with Crippen molar-refractivity contribution in [1.82, 2.24) is 10.3 Å². The third kappa shape index (κ3) is 3.50. The number of nitriles is 1. The molecule has 0 bridgehead atoms. The summed E-state index contributed by atoms with van der Waals surface area (Å²) in [6.45, 7) is 0.490. The predicted molar refractivity (Wildman–Crippen MR) is 92.9 cm³/mol. The van der Waals surface area contributed by atoms with Crippen LogP contribution in [-0.2, 0) is 11.2 Å². The number of rotatable bonds is 5. The number of hydrogen-bond acceptors (Lipinski definition) is 3. The lowest BCUT2D eigenvalue weighted by Gasteiger charge is -2.03. The summed E-state index contributed by atoms with van der Waals surface area (Å²) in [5.41, 5.74) is 2.37. The van der Waals surface area contributed by atoms with Gasteiger partial charge in [-0.15, -0.1) is 11.3 Å². The number of hydrogen-bond donors (Lipinski definition) is 2. The van der Waals surface area contributed by atoms with Crippen molar-refractivity contribution < 1.29 is 4.79 Å². The highest BCUT2D eigenvalue weighted by molar-refractivity contribution is 7.10. The SMILES string of the molecule is N#C/C(=C/c1cccs1)C(=O)NCCc1c[nH]c2ccccc12. The van der Waals surface area contributed by atoms with Gasteiger partial charge < -0.3 is 10.3 Å². The van der Waals surface area contributed by atoms with Crippen LogP contribution in [0, 0.1) is 11.3 Å². The molecule has 0 aliphatic heterocycles. The number of amides is 1. The molecule has 2 heterocycles. The van der Waals surface area contributed by atoms with Gasteiger partial charge in [-0.1, -0.05) is 24.3 Å². The standard InChI is InChI=1S/C18H15N3OS/c19-11-14(10-15-4-3-9-23-15)18(22)20-8-7-13-12-21-17-6-2-1-5-16(13)17/h1-6,9-10,12,21H,7-8H2,(H,20,22)/b14-10-. The smallest absolute Gasteiger partial charge is 0.261 e. The van der Waals surface area contributed by atoms with E-state index in [1.807, 2.05) is 48.0 Å². The number of carbonyl (C=O) groups excluding carboxylic acids is 1. The van der Waals surface area contributed by atoms with Crippen LogP contribution in [0.4, 0.5) is 0 Å². The molecule has 4 nitrogen and oxygen atoms in total. The Balaban J connectivity index is 1.62. The van der Waals surface area contributed by atoms with Gasteiger partial charge in [0.1, 0.15) is 11.6 Å². The minimum absolute atomic E-state index is 0.131. The molecule has 3 aromatic rings. The second-order valence-electron chi connectivity index (χ2n) is 5.05. The largest absolute Gasteiger partial charge is 0.361 e. The highest BCUT2D eigenvalue weighted by Gasteiger charge is 2.09. The van der Waals surface area contributed by atoms with Gasteiger partial charge in [-0.3, -0.25) is 4.79 Å². The second kappa shape index (κ2) is 6.95. The third-order valence-corrected chi connectivity index (χ3v) is 4.37. The van der Waals surface area contributed by atoms with Crippen LogP contribution in [-0.4, -0.2) is 17.4 Å². The van der Waals surface area contributed by atoms with E-state index in [0.29, 0.717) is 13.0 Å². The second-order valence-corrected chi connectivity index (χ2v) is 6.03. The Kier molecular flexibility index (Phi) is 4.55. The number of carbonyl (C=O) groups is 1. The lowest BCUT2D eigenvalue weighted by Crippen LogP contribution is -2.26. The molecule has 0 saturated carbocycles. The van der Waals surface area contributed by atoms with E-state index in [-0.39, 0.29) is 11.5 Å². The van der Waals surface area contributed by atoms with E-state index >= 15 is 0 Å². The molecule has 0 fully saturated rings. The highest BCUT2D eigenvalue weighted by atomic mass is 32.1. The number of aromatic nitrogens is 1. The summed E-state index contributed by atoms with van der Waals surface area (Å²) in [6.07, 6.45) is 4.29. The molecule has 0 saturated heterocycles. The summed E-state index contributed by atoms with van der Waals surface area (Å²) < 4.78 is 0. The van der Waals surface area contributed by atoms with Crippen LogP contribution in [0.2, 0.25) is 0 Å². The van der Waals surface area contributed by atoms with Crippen LogP contribution in [0.1, 0.15) is 10.4 Å². The fourth-order valence-electron chi connectivity index (χ4n) is 2.41. The van der Waals surface area contributed by atoms with Crippen molar-refractivity contribution in [3.63, 3.8) is 0 Å². The lowest BCUT2D eigenvalue weighted by atomic mass is 10.1. The van der Waals surface area contributed by atoms with E-state index in [9.17, 15) is 4.79 Å². The van der Waals surface area contributed by atoms with E-state index in [4.69, 9.17) is 5.26 Å². The van der Waals surface area contributed by atoms with Crippen molar-refractivity contribution >= 4 is 34.2 Å². The van der Waals surface area contributed by atoms with Crippen LogP contribution >= 0.6 is 11.3 Å². The quantitative estimate of drug-likeness (QED) is 0.558. The van der Waals surface area contributed by atoms with E-state index in [0.717, 1.165) is 21.3 Å². The monoisotopic (exact) mass is 321 g/mol. The first-order valence-electron chi connectivity index (χ1n) is 7.26. The summed E-state index contributed by atoms with van der Waals surface area (Å²) in [7, 11) is 0. The minimum Gasteiger partial charge on any atom is -0.361 e. The summed E-state index contributed by atoms with van der Waals surface area (Å²) >= 11 is 1.50. The van der Waals surface area contributed by atoms with E-state index in [1.54, 1.807) is 6.08 Å². The number of nitrogens with one attached hydrogen (secondary N) is 2. The Morgan fingerprint density at radius 3 is 2.96 bits per heavy atom. The minimum atomic E-state index is -0.333. The van der Waals surface area contributed by atoms with Crippen molar-refractivity contribution in [1.29, 1.82) is 5.26 Å². The van der Waals surface area contributed by atoms with Gasteiger partial charge in [0, 0.05) is 28.5 Å². The first-order valence-corrected chi connectivity index (χ1v) is 8.14. The van der Waals surface area contributed by atoms with Crippen molar-refractivity contribution in [2.24, 2.45) is 0 Å². The Labute approximate surface area is 138 Å². The Hall–Kier alpha value is -2.84. The molecule has 0 atom stereocenters. The van der Waals surface area contributed by atoms with Crippen molar-refractivity contribution in [3.05, 3.63) is 64.0 Å². The van der Waals surface area contributed by atoms with Gasteiger partial charge in [0.2, 0.25) is 0 Å². The molecule has 3 rings (SSSR count). The summed E-state index contributed by atoms with van der Waals surface area (Å²) in [4.78, 5) is 16.2. The number of fused-ring (bicyclic) bond motifs is 1. The molecule has 1 amide bonds. The van der Waals surface area contributed by atoms with Gasteiger partial charge in [0.25, 0.3) is 5.91 Å². The lowest BCUT2D eigenvalue weighted by molar-refractivity contribution is -0.117. The molecule has 23 heavy (non-hydrogen) atoms. The molecule has 0 aliphatic carbocycles. The number of H-pyrrole nitrogens is 1. The maximum absolute atomic E-state index is 12.1. The zero-order chi connectivity index (χ0) is 16.1. The van der Waals surface area contributed by atoms with Crippen LogP contribution in [0.25, 0.3) is 17.0 Å². The molecule has 2 aromatic heterocycles. The van der Waals surface area contributed by atoms with Gasteiger partial charge in [0.15, 0.2) is 0 Å². The first kappa shape index (κ1) is 15.1. The van der Waals surface area contributed by atoms with Gasteiger partial charge in [0.05, 0.1) is 0 Å². The van der Waals surface area contributed by atoms with E-state index in [1.165, 1.54) is 11.3 Å². The zero-order valence-corrected chi connectivity index (χ0v) is 13.2. The average Bonchev–Trinajstić information content (AvgIpc) is 3.22. The Morgan fingerprint density at radius 2 is 2.17 bits per heavy atom. The van der Waals surface area contributed by atoms with Gasteiger partial charge in [-0.05, 0) is 35.6 Å². The normalized spacial score (nSPS) is 11.3. The van der Waals surface area contributed by atoms with Gasteiger partial charge in [-0.25, -0.2) is 0 Å². The molecule has 0 unspecified atom stereocenters. The summed E-state index contributed by atoms with van der Waals surface area (Å²) in [5.74, 6) is -0.333. The van der Waals surface area contributed by atoms with Crippen LogP contribution in [0.3, 0.4) is 0 Å². The average molecular weight is 321 g/mol. The predicted octanol–water partition coefficient (Wildman–Crippen LogP) is 3.50. The van der Waals surface area contributed by atoms with Crippen LogP contribution in [0.15, 0.2) is 53.5 Å². The Bertz CT molecular complexity index is 885. The molecule has 114 valence electrons. The summed E-state index contributed by atoms with van der Waals surface area (Å²) in [5, 5.41) is 15.0. The molecule has 5 heteroatoms. The molecular formula is C18H15N3OS. The molecule has 1 aromatic carbocycles. The molecule has 0 aliphatic rings. The van der Waals surface area contributed by atoms with Crippen molar-refractivity contribution in [2.45, 2.75) is 6.42 Å². The van der Waals surface area contributed by atoms with E-state index < -0.39 is 0 Å². The van der Waals surface area contributed by atoms with Crippen LogP contribution in [0.5, 0.6) is 0 Å². The molecule has 0 spiro atoms. The zero-order valence-electron chi connectivity index (χ0n) is 12.4. The van der Waals surface area contributed by atoms with Gasteiger partial charge >= 0.3 is 0 Å². The fourth-order valence-corrected chi connectivity index (χ4v) is 3.07. The Morgan fingerprint density at radius 1 is 1.30 bits per heavy atom. The molecule has 2 N–H and O–H groups in total. The maximum atomic E-state index is 12.1. The number of nitrogens with zero attached hydrogens (tertiary/aromatic N) is 1. The van der Waals surface area contributed by atoms with Crippen molar-refractivity contribution in [2.75, 3.05) is 6.54 Å². The van der Waals surface area contributed by atoms with Gasteiger partial charge in [-0.2, -0.15) is 5.26 Å². The fraction of sp³-hybridized carbons (Fsp3) is 0.111. The van der Waals surface area contributed by atoms with Crippen LogP contribution < -0.4 is 5.32 Å². The highest BCUT2D eigenvalue weighted by Crippen LogP contribution is 2.18. The van der Waals surface area contributed by atoms with E-state index in [2.05, 4.69) is 16.4 Å². The summed E-state index contributed by atoms with van der Waals surface area (Å²) in [6, 6.07) is 13.8. The molecule has 0 radical (unpaired) electrons. The number of para-hydroxylation sites is 1.